The zero-order chi connectivity index (χ0) is 15.2. The summed E-state index contributed by atoms with van der Waals surface area (Å²) in [4.78, 5) is 0.175. The van der Waals surface area contributed by atoms with E-state index in [1.165, 1.54) is 0 Å². The van der Waals surface area contributed by atoms with E-state index in [0.717, 1.165) is 42.3 Å². The van der Waals surface area contributed by atoms with Crippen LogP contribution in [0.5, 0.6) is 0 Å². The second kappa shape index (κ2) is 5.15. The molecule has 1 aliphatic rings. The molecule has 1 aromatic carbocycles. The molecule has 2 aromatic heterocycles. The summed E-state index contributed by atoms with van der Waals surface area (Å²) in [6.45, 7) is 0. The fraction of sp³-hybridized carbons (Fsp3) is 0.286. The van der Waals surface area contributed by atoms with E-state index in [0.29, 0.717) is 11.0 Å². The van der Waals surface area contributed by atoms with Gasteiger partial charge in [-0.15, -0.1) is 0 Å². The Kier molecular flexibility index (Phi) is 3.24. The first-order valence-electron chi connectivity index (χ1n) is 6.95. The number of sulfonamides is 1. The van der Waals surface area contributed by atoms with Crippen molar-refractivity contribution >= 4 is 32.8 Å². The molecule has 22 heavy (non-hydrogen) atoms. The standard InChI is InChI=1S/C14H13N3O3S2/c18-22(19,13-6-2-4-11-14(13)16-21-15-11)17-10-3-1-5-12-9(10)7-8-20-12/h2,4,6-8,10,17H,1,3,5H2. The molecule has 1 unspecified atom stereocenters. The molecule has 6 nitrogen and oxygen atoms in total. The molecule has 0 bridgehead atoms. The maximum atomic E-state index is 12.7. The van der Waals surface area contributed by atoms with E-state index in [9.17, 15) is 8.42 Å². The van der Waals surface area contributed by atoms with Gasteiger partial charge in [0.05, 0.1) is 24.0 Å². The second-order valence-electron chi connectivity index (χ2n) is 5.25. The van der Waals surface area contributed by atoms with Gasteiger partial charge in [0.25, 0.3) is 0 Å². The number of furan rings is 1. The van der Waals surface area contributed by atoms with Gasteiger partial charge in [0.15, 0.2) is 0 Å². The molecular weight excluding hydrogens is 322 g/mol. The minimum absolute atomic E-state index is 0.175. The molecule has 114 valence electrons. The Bertz CT molecular complexity index is 930. The maximum absolute atomic E-state index is 12.7. The lowest BCUT2D eigenvalue weighted by molar-refractivity contribution is 0.438. The lowest BCUT2D eigenvalue weighted by atomic mass is 9.94. The topological polar surface area (TPSA) is 85.1 Å². The highest BCUT2D eigenvalue weighted by atomic mass is 32.2. The van der Waals surface area contributed by atoms with Crippen LogP contribution >= 0.6 is 11.7 Å². The molecule has 2 heterocycles. The van der Waals surface area contributed by atoms with Gasteiger partial charge in [0.1, 0.15) is 21.7 Å². The van der Waals surface area contributed by atoms with Crippen LogP contribution in [0, 0.1) is 0 Å². The van der Waals surface area contributed by atoms with Crippen molar-refractivity contribution in [2.24, 2.45) is 0 Å². The minimum Gasteiger partial charge on any atom is -0.469 e. The summed E-state index contributed by atoms with van der Waals surface area (Å²) < 4.78 is 41.9. The first kappa shape index (κ1) is 13.9. The molecule has 0 aliphatic heterocycles. The number of fused-ring (bicyclic) bond motifs is 2. The first-order valence-corrected chi connectivity index (χ1v) is 9.16. The van der Waals surface area contributed by atoms with Gasteiger partial charge in [-0.05, 0) is 31.0 Å². The molecule has 1 N–H and O–H groups in total. The molecule has 4 rings (SSSR count). The molecule has 3 aromatic rings. The third-order valence-electron chi connectivity index (χ3n) is 3.89. The molecule has 8 heteroatoms. The molecule has 0 saturated heterocycles. The Morgan fingerprint density at radius 3 is 3.09 bits per heavy atom. The van der Waals surface area contributed by atoms with Crippen LogP contribution in [0.4, 0.5) is 0 Å². The van der Waals surface area contributed by atoms with Crippen molar-refractivity contribution in [2.75, 3.05) is 0 Å². The highest BCUT2D eigenvalue weighted by Crippen LogP contribution is 2.32. The van der Waals surface area contributed by atoms with Crippen LogP contribution in [0.25, 0.3) is 11.0 Å². The summed E-state index contributed by atoms with van der Waals surface area (Å²) in [5.41, 5.74) is 1.95. The normalized spacial score (nSPS) is 18.5. The van der Waals surface area contributed by atoms with Gasteiger partial charge >= 0.3 is 0 Å². The van der Waals surface area contributed by atoms with E-state index >= 15 is 0 Å². The van der Waals surface area contributed by atoms with Crippen molar-refractivity contribution in [1.82, 2.24) is 13.5 Å². The van der Waals surface area contributed by atoms with Crippen LogP contribution < -0.4 is 4.72 Å². The van der Waals surface area contributed by atoms with Gasteiger partial charge in [-0.3, -0.25) is 0 Å². The summed E-state index contributed by atoms with van der Waals surface area (Å²) in [7, 11) is -3.66. The SMILES string of the molecule is O=S(=O)(NC1CCCc2occc21)c1cccc2nsnc12. The molecule has 0 amide bonds. The van der Waals surface area contributed by atoms with Crippen LogP contribution in [0.1, 0.15) is 30.2 Å². The van der Waals surface area contributed by atoms with Crippen molar-refractivity contribution < 1.29 is 12.8 Å². The predicted molar refractivity (Wildman–Crippen MR) is 82.1 cm³/mol. The lowest BCUT2D eigenvalue weighted by Crippen LogP contribution is -2.30. The van der Waals surface area contributed by atoms with Crippen molar-refractivity contribution in [3.05, 3.63) is 41.9 Å². The van der Waals surface area contributed by atoms with E-state index in [1.807, 2.05) is 6.07 Å². The average molecular weight is 335 g/mol. The van der Waals surface area contributed by atoms with Gasteiger partial charge in [0, 0.05) is 12.0 Å². The molecule has 1 atom stereocenters. The van der Waals surface area contributed by atoms with Gasteiger partial charge in [0.2, 0.25) is 10.0 Å². The molecular formula is C14H13N3O3S2. The number of hydrogen-bond acceptors (Lipinski definition) is 6. The Morgan fingerprint density at radius 2 is 2.18 bits per heavy atom. The van der Waals surface area contributed by atoms with Gasteiger partial charge < -0.3 is 4.42 Å². The van der Waals surface area contributed by atoms with E-state index in [-0.39, 0.29) is 10.9 Å². The third kappa shape index (κ3) is 2.23. The zero-order valence-electron chi connectivity index (χ0n) is 11.5. The first-order chi connectivity index (χ1) is 10.6. The molecule has 0 spiro atoms. The highest BCUT2D eigenvalue weighted by molar-refractivity contribution is 7.89. The van der Waals surface area contributed by atoms with E-state index < -0.39 is 10.0 Å². The minimum atomic E-state index is -3.66. The number of aromatic nitrogens is 2. The third-order valence-corrected chi connectivity index (χ3v) is 5.93. The maximum Gasteiger partial charge on any atom is 0.243 e. The quantitative estimate of drug-likeness (QED) is 0.795. The Hall–Kier alpha value is -1.77. The lowest BCUT2D eigenvalue weighted by Gasteiger charge is -2.22. The van der Waals surface area contributed by atoms with Gasteiger partial charge in [-0.2, -0.15) is 8.75 Å². The number of nitrogens with zero attached hydrogens (tertiary/aromatic N) is 2. The summed E-state index contributed by atoms with van der Waals surface area (Å²) in [6.07, 6.45) is 4.13. The van der Waals surface area contributed by atoms with E-state index in [2.05, 4.69) is 13.5 Å². The number of rotatable bonds is 3. The number of aryl methyl sites for hydroxylation is 1. The number of benzene rings is 1. The Morgan fingerprint density at radius 1 is 1.27 bits per heavy atom. The molecule has 0 saturated carbocycles. The van der Waals surface area contributed by atoms with Gasteiger partial charge in [-0.1, -0.05) is 6.07 Å². The number of hydrogen-bond donors (Lipinski definition) is 1. The van der Waals surface area contributed by atoms with Crippen LogP contribution in [-0.4, -0.2) is 17.2 Å². The van der Waals surface area contributed by atoms with Crippen molar-refractivity contribution in [3.63, 3.8) is 0 Å². The zero-order valence-corrected chi connectivity index (χ0v) is 13.2. The van der Waals surface area contributed by atoms with E-state index in [4.69, 9.17) is 4.42 Å². The van der Waals surface area contributed by atoms with E-state index in [1.54, 1.807) is 24.5 Å². The highest BCUT2D eigenvalue weighted by Gasteiger charge is 2.28. The van der Waals surface area contributed by atoms with Gasteiger partial charge in [-0.25, -0.2) is 13.1 Å². The summed E-state index contributed by atoms with van der Waals surface area (Å²) in [5, 5.41) is 0. The average Bonchev–Trinajstić information content (AvgIpc) is 3.15. The van der Waals surface area contributed by atoms with Crippen molar-refractivity contribution in [3.8, 4) is 0 Å². The van der Waals surface area contributed by atoms with Crippen LogP contribution in [0.2, 0.25) is 0 Å². The predicted octanol–water partition coefficient (Wildman–Crippen LogP) is 2.64. The fourth-order valence-corrected chi connectivity index (χ4v) is 4.87. The molecule has 0 radical (unpaired) electrons. The summed E-state index contributed by atoms with van der Waals surface area (Å²) in [6, 6.07) is 6.58. The van der Waals surface area contributed by atoms with Crippen molar-refractivity contribution in [1.29, 1.82) is 0 Å². The smallest absolute Gasteiger partial charge is 0.243 e. The van der Waals surface area contributed by atoms with Crippen LogP contribution in [0.15, 0.2) is 39.8 Å². The second-order valence-corrected chi connectivity index (χ2v) is 7.46. The largest absolute Gasteiger partial charge is 0.469 e. The Labute approximate surface area is 131 Å². The molecule has 1 aliphatic carbocycles. The summed E-state index contributed by atoms with van der Waals surface area (Å²) >= 11 is 1.01. The number of nitrogens with one attached hydrogen (secondary N) is 1. The Balaban J connectivity index is 1.73. The fourth-order valence-electron chi connectivity index (χ4n) is 2.86. The van der Waals surface area contributed by atoms with Crippen LogP contribution in [0.3, 0.4) is 0 Å². The molecule has 0 fully saturated rings. The summed E-state index contributed by atoms with van der Waals surface area (Å²) in [5.74, 6) is 0.868. The van der Waals surface area contributed by atoms with Crippen molar-refractivity contribution in [2.45, 2.75) is 30.2 Å². The monoisotopic (exact) mass is 335 g/mol. The van der Waals surface area contributed by atoms with Crippen LogP contribution in [-0.2, 0) is 16.4 Å².